The fourth-order valence-electron chi connectivity index (χ4n) is 3.02. The van der Waals surface area contributed by atoms with Crippen LogP contribution in [0.4, 0.5) is 0 Å². The minimum Gasteiger partial charge on any atom is -0.340 e. The number of rotatable bonds is 3. The van der Waals surface area contributed by atoms with E-state index in [1.165, 1.54) is 0 Å². The summed E-state index contributed by atoms with van der Waals surface area (Å²) in [5.74, 6) is -0.0253. The van der Waals surface area contributed by atoms with Gasteiger partial charge >= 0.3 is 0 Å². The van der Waals surface area contributed by atoms with Crippen molar-refractivity contribution in [3.8, 4) is 6.07 Å². The Morgan fingerprint density at radius 2 is 1.90 bits per heavy atom. The summed E-state index contributed by atoms with van der Waals surface area (Å²) in [5.41, 5.74) is 0.252. The van der Waals surface area contributed by atoms with Gasteiger partial charge in [0, 0.05) is 18.1 Å². The Bertz CT molecular complexity index is 542. The molecule has 1 aliphatic rings. The van der Waals surface area contributed by atoms with Crippen LogP contribution in [0.2, 0.25) is 0 Å². The fourth-order valence-corrected chi connectivity index (χ4v) is 3.44. The van der Waals surface area contributed by atoms with Crippen molar-refractivity contribution in [3.05, 3.63) is 34.3 Å². The Labute approximate surface area is 135 Å². The number of amides is 1. The van der Waals surface area contributed by atoms with Crippen LogP contribution in [-0.4, -0.2) is 17.9 Å². The number of halogens is 1. The molecule has 1 fully saturated rings. The maximum Gasteiger partial charge on any atom is 0.243 e. The van der Waals surface area contributed by atoms with Crippen LogP contribution in [0.3, 0.4) is 0 Å². The molecule has 1 aliphatic carbocycles. The zero-order chi connectivity index (χ0) is 15.3. The number of benzene rings is 1. The van der Waals surface area contributed by atoms with Crippen LogP contribution in [0.15, 0.2) is 28.7 Å². The quantitative estimate of drug-likeness (QED) is 0.765. The number of carbonyl (C=O) groups is 1. The van der Waals surface area contributed by atoms with Gasteiger partial charge in [-0.05, 0) is 24.5 Å². The van der Waals surface area contributed by atoms with E-state index in [4.69, 9.17) is 0 Å². The standard InChI is InChI=1S/C17H21BrN2O/c1-20(12-14-8-4-5-9-15(14)18)16(21)17(13-19)10-6-2-3-7-11-17/h4-5,8-9H,2-3,6-7,10-12H2,1H3. The highest BCUT2D eigenvalue weighted by Crippen LogP contribution is 2.36. The predicted molar refractivity (Wildman–Crippen MR) is 86.4 cm³/mol. The van der Waals surface area contributed by atoms with E-state index < -0.39 is 5.41 Å². The molecule has 0 radical (unpaired) electrons. The molecule has 1 amide bonds. The van der Waals surface area contributed by atoms with Crippen molar-refractivity contribution in [2.24, 2.45) is 5.41 Å². The maximum absolute atomic E-state index is 12.8. The van der Waals surface area contributed by atoms with E-state index >= 15 is 0 Å². The van der Waals surface area contributed by atoms with Crippen LogP contribution < -0.4 is 0 Å². The molecule has 0 unspecified atom stereocenters. The smallest absolute Gasteiger partial charge is 0.243 e. The van der Waals surface area contributed by atoms with Gasteiger partial charge in [-0.15, -0.1) is 0 Å². The van der Waals surface area contributed by atoms with E-state index in [9.17, 15) is 10.1 Å². The molecule has 1 saturated carbocycles. The topological polar surface area (TPSA) is 44.1 Å². The van der Waals surface area contributed by atoms with Gasteiger partial charge in [-0.3, -0.25) is 4.79 Å². The van der Waals surface area contributed by atoms with Crippen LogP contribution >= 0.6 is 15.9 Å². The summed E-state index contributed by atoms with van der Waals surface area (Å²) >= 11 is 3.51. The molecule has 4 heteroatoms. The lowest BCUT2D eigenvalue weighted by Gasteiger charge is -2.29. The van der Waals surface area contributed by atoms with E-state index in [2.05, 4.69) is 22.0 Å². The van der Waals surface area contributed by atoms with E-state index in [1.54, 1.807) is 11.9 Å². The maximum atomic E-state index is 12.8. The number of hydrogen-bond acceptors (Lipinski definition) is 2. The monoisotopic (exact) mass is 348 g/mol. The Balaban J connectivity index is 2.14. The summed E-state index contributed by atoms with van der Waals surface area (Å²) in [6.07, 6.45) is 5.60. The van der Waals surface area contributed by atoms with Gasteiger partial charge in [0.15, 0.2) is 0 Å². The van der Waals surface area contributed by atoms with Crippen molar-refractivity contribution in [1.82, 2.24) is 4.90 Å². The van der Waals surface area contributed by atoms with Crippen molar-refractivity contribution in [2.75, 3.05) is 7.05 Å². The summed E-state index contributed by atoms with van der Waals surface area (Å²) in [7, 11) is 1.80. The molecule has 0 N–H and O–H groups in total. The van der Waals surface area contributed by atoms with E-state index in [-0.39, 0.29) is 5.91 Å². The van der Waals surface area contributed by atoms with Crippen LogP contribution in [0.5, 0.6) is 0 Å². The second kappa shape index (κ2) is 7.09. The van der Waals surface area contributed by atoms with Gasteiger partial charge in [-0.1, -0.05) is 59.8 Å². The zero-order valence-electron chi connectivity index (χ0n) is 12.4. The van der Waals surface area contributed by atoms with Gasteiger partial charge < -0.3 is 4.90 Å². The van der Waals surface area contributed by atoms with Gasteiger partial charge in [-0.2, -0.15) is 5.26 Å². The minimum atomic E-state index is -0.813. The highest BCUT2D eigenvalue weighted by atomic mass is 79.9. The first-order chi connectivity index (χ1) is 10.1. The van der Waals surface area contributed by atoms with Crippen LogP contribution in [0.1, 0.15) is 44.1 Å². The molecule has 0 aliphatic heterocycles. The summed E-state index contributed by atoms with van der Waals surface area (Å²) in [6, 6.07) is 10.2. The lowest BCUT2D eigenvalue weighted by Crippen LogP contribution is -2.40. The minimum absolute atomic E-state index is 0.0253. The molecule has 0 saturated heterocycles. The van der Waals surface area contributed by atoms with Gasteiger partial charge in [0.05, 0.1) is 6.07 Å². The van der Waals surface area contributed by atoms with E-state index in [1.807, 2.05) is 24.3 Å². The van der Waals surface area contributed by atoms with Crippen LogP contribution in [0, 0.1) is 16.7 Å². The second-order valence-corrected chi connectivity index (χ2v) is 6.72. The Morgan fingerprint density at radius 1 is 1.29 bits per heavy atom. The molecule has 0 atom stereocenters. The average molecular weight is 349 g/mol. The summed E-state index contributed by atoms with van der Waals surface area (Å²) in [5, 5.41) is 9.60. The van der Waals surface area contributed by atoms with Gasteiger partial charge in [-0.25, -0.2) is 0 Å². The normalized spacial score (nSPS) is 17.6. The first-order valence-electron chi connectivity index (χ1n) is 7.49. The lowest BCUT2D eigenvalue weighted by atomic mass is 9.80. The molecule has 1 aromatic carbocycles. The van der Waals surface area contributed by atoms with Crippen LogP contribution in [-0.2, 0) is 11.3 Å². The first-order valence-corrected chi connectivity index (χ1v) is 8.28. The Hall–Kier alpha value is -1.34. The van der Waals surface area contributed by atoms with Crippen molar-refractivity contribution in [2.45, 2.75) is 45.1 Å². The largest absolute Gasteiger partial charge is 0.340 e. The molecular formula is C17H21BrN2O. The SMILES string of the molecule is CN(Cc1ccccc1Br)C(=O)C1(C#N)CCCCCC1. The summed E-state index contributed by atoms with van der Waals surface area (Å²) in [4.78, 5) is 14.5. The molecule has 112 valence electrons. The fraction of sp³-hybridized carbons (Fsp3) is 0.529. The molecule has 2 rings (SSSR count). The predicted octanol–water partition coefficient (Wildman–Crippen LogP) is 4.27. The third-order valence-electron chi connectivity index (χ3n) is 4.29. The first kappa shape index (κ1) is 16.0. The number of carbonyl (C=O) groups excluding carboxylic acids is 1. The van der Waals surface area contributed by atoms with Gasteiger partial charge in [0.25, 0.3) is 0 Å². The third-order valence-corrected chi connectivity index (χ3v) is 5.07. The van der Waals surface area contributed by atoms with Crippen molar-refractivity contribution in [1.29, 1.82) is 5.26 Å². The molecule has 21 heavy (non-hydrogen) atoms. The molecule has 0 spiro atoms. The average Bonchev–Trinajstić information content (AvgIpc) is 2.75. The van der Waals surface area contributed by atoms with Crippen molar-refractivity contribution in [3.63, 3.8) is 0 Å². The van der Waals surface area contributed by atoms with Gasteiger partial charge in [0.1, 0.15) is 5.41 Å². The molecule has 0 bridgehead atoms. The van der Waals surface area contributed by atoms with Crippen LogP contribution in [0.25, 0.3) is 0 Å². The van der Waals surface area contributed by atoms with Gasteiger partial charge in [0.2, 0.25) is 5.91 Å². The van der Waals surface area contributed by atoms with Crippen molar-refractivity contribution < 1.29 is 4.79 Å². The number of nitrogens with zero attached hydrogens (tertiary/aromatic N) is 2. The molecule has 3 nitrogen and oxygen atoms in total. The van der Waals surface area contributed by atoms with Crippen molar-refractivity contribution >= 4 is 21.8 Å². The molecule has 0 heterocycles. The number of hydrogen-bond donors (Lipinski definition) is 0. The number of nitriles is 1. The molecule has 1 aromatic rings. The Kier molecular flexibility index (Phi) is 5.41. The zero-order valence-corrected chi connectivity index (χ0v) is 14.0. The summed E-state index contributed by atoms with van der Waals surface area (Å²) in [6.45, 7) is 0.531. The molecule has 0 aromatic heterocycles. The summed E-state index contributed by atoms with van der Waals surface area (Å²) < 4.78 is 0.997. The highest BCUT2D eigenvalue weighted by molar-refractivity contribution is 9.10. The lowest BCUT2D eigenvalue weighted by molar-refractivity contribution is -0.138. The highest BCUT2D eigenvalue weighted by Gasteiger charge is 2.40. The third kappa shape index (κ3) is 3.65. The second-order valence-electron chi connectivity index (χ2n) is 5.86. The Morgan fingerprint density at radius 3 is 2.48 bits per heavy atom. The van der Waals surface area contributed by atoms with E-state index in [0.717, 1.165) is 35.7 Å². The molecular weight excluding hydrogens is 328 g/mol. The van der Waals surface area contributed by atoms with E-state index in [0.29, 0.717) is 19.4 Å².